The van der Waals surface area contributed by atoms with Gasteiger partial charge in [0.1, 0.15) is 24.0 Å². The number of rotatable bonds is 8. The van der Waals surface area contributed by atoms with Crippen LogP contribution in [0.25, 0.3) is 0 Å². The van der Waals surface area contributed by atoms with Crippen molar-refractivity contribution >= 4 is 17.5 Å². The van der Waals surface area contributed by atoms with Gasteiger partial charge in [0.25, 0.3) is 0 Å². The van der Waals surface area contributed by atoms with Crippen molar-refractivity contribution in [2.75, 3.05) is 34.5 Å². The molecule has 4 rings (SSSR count). The van der Waals surface area contributed by atoms with Crippen LogP contribution in [0, 0.1) is 5.92 Å². The molecule has 3 atom stereocenters. The van der Waals surface area contributed by atoms with Gasteiger partial charge >= 0.3 is 5.97 Å². The summed E-state index contributed by atoms with van der Waals surface area (Å²) < 4.78 is 21.4. The van der Waals surface area contributed by atoms with E-state index in [0.717, 1.165) is 22.6 Å². The molecule has 0 bridgehead atoms. The zero-order valence-corrected chi connectivity index (χ0v) is 20.6. The highest BCUT2D eigenvalue weighted by atomic mass is 16.6. The molecule has 2 aromatic rings. The van der Waals surface area contributed by atoms with E-state index >= 15 is 0 Å². The summed E-state index contributed by atoms with van der Waals surface area (Å²) in [6, 6.07) is 15.3. The molecule has 2 aliphatic rings. The fourth-order valence-corrected chi connectivity index (χ4v) is 5.08. The van der Waals surface area contributed by atoms with Crippen molar-refractivity contribution in [3.63, 3.8) is 0 Å². The number of ketones is 1. The van der Waals surface area contributed by atoms with E-state index in [0.29, 0.717) is 36.5 Å². The summed E-state index contributed by atoms with van der Waals surface area (Å²) in [5.41, 5.74) is 3.81. The Morgan fingerprint density at radius 1 is 0.971 bits per heavy atom. The van der Waals surface area contributed by atoms with E-state index in [4.69, 9.17) is 23.9 Å². The highest BCUT2D eigenvalue weighted by Crippen LogP contribution is 2.48. The first-order valence-electron chi connectivity index (χ1n) is 11.7. The van der Waals surface area contributed by atoms with E-state index in [1.165, 1.54) is 0 Å². The maximum atomic E-state index is 13.7. The third kappa shape index (κ3) is 5.00. The molecule has 0 radical (unpaired) electrons. The minimum Gasteiger partial charge on any atom is -0.497 e. The third-order valence-electron chi connectivity index (χ3n) is 6.73. The Bertz CT molecular complexity index is 1150. The molecular weight excluding hydrogens is 446 g/mol. The number of ether oxygens (including phenoxy) is 4. The van der Waals surface area contributed by atoms with Crippen LogP contribution in [0.1, 0.15) is 42.7 Å². The Kier molecular flexibility index (Phi) is 7.66. The predicted molar refractivity (Wildman–Crippen MR) is 132 cm³/mol. The van der Waals surface area contributed by atoms with Crippen molar-refractivity contribution in [1.82, 2.24) is 0 Å². The van der Waals surface area contributed by atoms with E-state index < -0.39 is 17.8 Å². The molecule has 0 N–H and O–H groups in total. The minimum atomic E-state index is -0.689. The third-order valence-corrected chi connectivity index (χ3v) is 6.73. The maximum absolute atomic E-state index is 13.7. The number of carbonyl (C=O) groups excluding carboxylic acids is 2. The van der Waals surface area contributed by atoms with E-state index in [2.05, 4.69) is 0 Å². The molecule has 1 aliphatic heterocycles. The summed E-state index contributed by atoms with van der Waals surface area (Å²) in [7, 11) is 4.79. The second-order valence-electron chi connectivity index (χ2n) is 8.77. The second kappa shape index (κ2) is 10.9. The van der Waals surface area contributed by atoms with Crippen LogP contribution < -0.4 is 9.47 Å². The van der Waals surface area contributed by atoms with Crippen molar-refractivity contribution < 1.29 is 28.5 Å². The fourth-order valence-electron chi connectivity index (χ4n) is 5.08. The standard InChI is InChI=1S/C28H31NO6/c1-17-25(28(31)35-14-13-32-2)26(18-9-11-20(33-3)12-10-18)27-22(29-17)15-19(16-23(27)30)21-7-5-6-8-24(21)34-4/h5-12,19,25-26H,13-16H2,1-4H3. The zero-order chi connectivity index (χ0) is 24.9. The number of esters is 1. The molecule has 1 aliphatic carbocycles. The number of aliphatic imine (C=N–C) groups is 1. The lowest BCUT2D eigenvalue weighted by atomic mass is 9.69. The number of hydrogen-bond acceptors (Lipinski definition) is 7. The SMILES string of the molecule is COCCOC(=O)C1C(C)=NC2=C(C(=O)CC(c3ccccc3OC)C2)C1c1ccc(OC)cc1. The van der Waals surface area contributed by atoms with Crippen LogP contribution in [0.2, 0.25) is 0 Å². The molecule has 0 saturated carbocycles. The number of para-hydroxylation sites is 1. The molecule has 2 aromatic carbocycles. The van der Waals surface area contributed by atoms with Crippen molar-refractivity contribution in [3.8, 4) is 11.5 Å². The van der Waals surface area contributed by atoms with Gasteiger partial charge in [-0.15, -0.1) is 0 Å². The van der Waals surface area contributed by atoms with Crippen LogP contribution in [-0.4, -0.2) is 52.0 Å². The smallest absolute Gasteiger partial charge is 0.315 e. The number of methoxy groups -OCH3 is 3. The molecule has 0 fully saturated rings. The Hall–Kier alpha value is -3.45. The van der Waals surface area contributed by atoms with Crippen LogP contribution in [0.5, 0.6) is 11.5 Å². The number of allylic oxidation sites excluding steroid dienone is 2. The number of hydrogen-bond donors (Lipinski definition) is 0. The van der Waals surface area contributed by atoms with Gasteiger partial charge in [-0.1, -0.05) is 30.3 Å². The van der Waals surface area contributed by atoms with Gasteiger partial charge in [-0.25, -0.2) is 0 Å². The summed E-state index contributed by atoms with van der Waals surface area (Å²) in [5, 5.41) is 0. The zero-order valence-electron chi connectivity index (χ0n) is 20.6. The van der Waals surface area contributed by atoms with Gasteiger partial charge in [-0.2, -0.15) is 0 Å². The highest BCUT2D eigenvalue weighted by Gasteiger charge is 2.45. The van der Waals surface area contributed by atoms with Crippen LogP contribution >= 0.6 is 0 Å². The highest BCUT2D eigenvalue weighted by molar-refractivity contribution is 6.09. The second-order valence-corrected chi connectivity index (χ2v) is 8.77. The lowest BCUT2D eigenvalue weighted by Crippen LogP contribution is -2.38. The number of carbonyl (C=O) groups is 2. The summed E-state index contributed by atoms with van der Waals surface area (Å²) in [6.07, 6.45) is 0.919. The average Bonchev–Trinajstić information content (AvgIpc) is 2.87. The van der Waals surface area contributed by atoms with E-state index in [9.17, 15) is 9.59 Å². The van der Waals surface area contributed by atoms with Gasteiger partial charge in [0.05, 0.1) is 20.8 Å². The molecule has 35 heavy (non-hydrogen) atoms. The van der Waals surface area contributed by atoms with Crippen LogP contribution in [0.3, 0.4) is 0 Å². The fraction of sp³-hybridized carbons (Fsp3) is 0.393. The molecule has 184 valence electrons. The van der Waals surface area contributed by atoms with E-state index in [1.807, 2.05) is 55.5 Å². The quantitative estimate of drug-likeness (QED) is 0.412. The summed E-state index contributed by atoms with van der Waals surface area (Å²) in [4.78, 5) is 31.7. The van der Waals surface area contributed by atoms with Crippen molar-refractivity contribution in [2.24, 2.45) is 10.9 Å². The Balaban J connectivity index is 1.75. The predicted octanol–water partition coefficient (Wildman–Crippen LogP) is 4.47. The molecule has 0 aromatic heterocycles. The van der Waals surface area contributed by atoms with Gasteiger partial charge in [0.15, 0.2) is 5.78 Å². The Labute approximate surface area is 205 Å². The van der Waals surface area contributed by atoms with E-state index in [-0.39, 0.29) is 18.3 Å². The first kappa shape index (κ1) is 24.7. The van der Waals surface area contributed by atoms with Crippen LogP contribution in [-0.2, 0) is 19.1 Å². The first-order valence-corrected chi connectivity index (χ1v) is 11.7. The van der Waals surface area contributed by atoms with Gasteiger partial charge in [0.2, 0.25) is 0 Å². The summed E-state index contributed by atoms with van der Waals surface area (Å²) in [6.45, 7) is 2.28. The normalized spacial score (nSPS) is 21.8. The first-order chi connectivity index (χ1) is 17.0. The van der Waals surface area contributed by atoms with Crippen LogP contribution in [0.15, 0.2) is 64.8 Å². The maximum Gasteiger partial charge on any atom is 0.315 e. The number of Topliss-reactive ketones (excluding diaryl/α,β-unsaturated/α-hetero) is 1. The topological polar surface area (TPSA) is 83.4 Å². The molecular formula is C28H31NO6. The summed E-state index contributed by atoms with van der Waals surface area (Å²) >= 11 is 0. The molecule has 0 saturated heterocycles. The lowest BCUT2D eigenvalue weighted by Gasteiger charge is -2.36. The molecule has 1 heterocycles. The number of benzene rings is 2. The van der Waals surface area contributed by atoms with Gasteiger partial charge in [-0.05, 0) is 42.7 Å². The molecule has 0 spiro atoms. The van der Waals surface area contributed by atoms with Crippen LogP contribution in [0.4, 0.5) is 0 Å². The number of nitrogens with zero attached hydrogens (tertiary/aromatic N) is 1. The molecule has 3 unspecified atom stereocenters. The monoisotopic (exact) mass is 477 g/mol. The minimum absolute atomic E-state index is 0.00563. The van der Waals surface area contributed by atoms with Crippen molar-refractivity contribution in [3.05, 3.63) is 70.9 Å². The Morgan fingerprint density at radius 3 is 2.40 bits per heavy atom. The van der Waals surface area contributed by atoms with Crippen molar-refractivity contribution in [1.29, 1.82) is 0 Å². The van der Waals surface area contributed by atoms with Gasteiger partial charge in [-0.3, -0.25) is 14.6 Å². The molecule has 7 heteroatoms. The lowest BCUT2D eigenvalue weighted by molar-refractivity contribution is -0.147. The van der Waals surface area contributed by atoms with Crippen molar-refractivity contribution in [2.45, 2.75) is 31.6 Å². The summed E-state index contributed by atoms with van der Waals surface area (Å²) in [5.74, 6) is -0.160. The largest absolute Gasteiger partial charge is 0.497 e. The van der Waals surface area contributed by atoms with E-state index in [1.54, 1.807) is 21.3 Å². The van der Waals surface area contributed by atoms with Gasteiger partial charge in [0, 0.05) is 42.3 Å². The van der Waals surface area contributed by atoms with Gasteiger partial charge < -0.3 is 18.9 Å². The Morgan fingerprint density at radius 2 is 1.71 bits per heavy atom. The average molecular weight is 478 g/mol. The molecule has 0 amide bonds. The molecule has 7 nitrogen and oxygen atoms in total.